The molecule has 0 bridgehead atoms. The van der Waals surface area contributed by atoms with Crippen molar-refractivity contribution in [3.8, 4) is 33.4 Å². The van der Waals surface area contributed by atoms with E-state index in [0.717, 1.165) is 19.3 Å². The number of halogens is 2. The van der Waals surface area contributed by atoms with E-state index in [1.807, 2.05) is 0 Å². The number of rotatable bonds is 7. The van der Waals surface area contributed by atoms with Crippen LogP contribution in [0.2, 0.25) is 0 Å². The topological polar surface area (TPSA) is 0 Å². The van der Waals surface area contributed by atoms with Gasteiger partial charge in [0.2, 0.25) is 0 Å². The number of benzene rings is 7. The van der Waals surface area contributed by atoms with Crippen LogP contribution in [0.1, 0.15) is 106 Å². The Morgan fingerprint density at radius 2 is 1.15 bits per heavy atom. The van der Waals surface area contributed by atoms with Crippen LogP contribution in [0.4, 0.5) is 0 Å². The fraction of sp³-hybridized carbons (Fsp3) is 0.228. The minimum absolute atomic E-state index is 0. The second-order valence-corrected chi connectivity index (χ2v) is 19.8. The van der Waals surface area contributed by atoms with Crippen molar-refractivity contribution >= 4 is 26.0 Å². The largest absolute Gasteiger partial charge is 3.00 e. The quantitative estimate of drug-likeness (QED) is 0.116. The molecule has 0 heterocycles. The van der Waals surface area contributed by atoms with E-state index in [1.54, 1.807) is 0 Å². The van der Waals surface area contributed by atoms with Gasteiger partial charge in [-0.25, -0.2) is 0 Å². The van der Waals surface area contributed by atoms with Gasteiger partial charge < -0.3 is 24.8 Å². The molecule has 0 spiro atoms. The Hall–Kier alpha value is -4.04. The van der Waals surface area contributed by atoms with Crippen LogP contribution in [0.15, 0.2) is 163 Å². The van der Waals surface area contributed by atoms with Gasteiger partial charge in [0.05, 0.1) is 0 Å². The maximum Gasteiger partial charge on any atom is 3.00 e. The van der Waals surface area contributed by atoms with E-state index in [0.29, 0.717) is 0 Å². The van der Waals surface area contributed by atoms with Gasteiger partial charge in [-0.1, -0.05) is 229 Å². The Kier molecular flexibility index (Phi) is 16.1. The molecule has 1 unspecified atom stereocenters. The fourth-order valence-electron chi connectivity index (χ4n) is 8.68. The molecule has 9 rings (SSSR count). The van der Waals surface area contributed by atoms with E-state index < -0.39 is 0 Å². The molecule has 61 heavy (non-hydrogen) atoms. The van der Waals surface area contributed by atoms with Crippen LogP contribution < -0.4 is 35.2 Å². The van der Waals surface area contributed by atoms with Gasteiger partial charge in [-0.2, -0.15) is 17.7 Å². The van der Waals surface area contributed by atoms with Crippen molar-refractivity contribution in [1.82, 2.24) is 0 Å². The zero-order valence-corrected chi connectivity index (χ0v) is 41.7. The first-order valence-corrected chi connectivity index (χ1v) is 22.3. The minimum atomic E-state index is 0. The molecule has 0 saturated heterocycles. The van der Waals surface area contributed by atoms with Gasteiger partial charge in [-0.15, -0.1) is 16.7 Å². The molecule has 0 N–H and O–H groups in total. The average Bonchev–Trinajstić information content (AvgIpc) is 3.79. The summed E-state index contributed by atoms with van der Waals surface area (Å²) in [4.78, 5) is 0. The van der Waals surface area contributed by atoms with Crippen molar-refractivity contribution in [2.24, 2.45) is 0 Å². The van der Waals surface area contributed by atoms with E-state index in [4.69, 9.17) is 0 Å². The molecule has 2 radical (unpaired) electrons. The molecular formula is C57H56Cl2SiZr. The number of hydrogen-bond donors (Lipinski definition) is 0. The van der Waals surface area contributed by atoms with Crippen molar-refractivity contribution in [3.63, 3.8) is 0 Å². The minimum Gasteiger partial charge on any atom is -1.00 e. The summed E-state index contributed by atoms with van der Waals surface area (Å²) < 4.78 is 0. The number of allylic oxidation sites excluding steroid dienone is 1. The van der Waals surface area contributed by atoms with Gasteiger partial charge >= 0.3 is 26.2 Å². The first kappa shape index (κ1) is 48.0. The summed E-state index contributed by atoms with van der Waals surface area (Å²) >= 11 is 0. The normalized spacial score (nSPS) is 13.5. The summed E-state index contributed by atoms with van der Waals surface area (Å²) in [5, 5.41) is 2.90. The molecule has 4 heteroatoms. The van der Waals surface area contributed by atoms with Crippen LogP contribution in [0, 0.1) is 6.07 Å². The molecule has 2 aliphatic rings. The molecule has 0 aliphatic heterocycles. The molecule has 7 aromatic rings. The SMILES string of the molecule is CCCC1=Cc2c(-c3ccc(-c4ccccc4)cc3)cccc2C1c1[c-]c(C(C)(C)C)cc2c1Cc1ccc(C(C)(C)C)cc1-2.[Cl-].[Cl-].[Zr+3].c1ccc([SiH]c2ccccc2)cc1. The zero-order chi connectivity index (χ0) is 40.4. The van der Waals surface area contributed by atoms with Crippen molar-refractivity contribution in [2.45, 2.75) is 84.5 Å². The second-order valence-electron chi connectivity index (χ2n) is 18.2. The first-order valence-electron chi connectivity index (χ1n) is 21.2. The van der Waals surface area contributed by atoms with Crippen LogP contribution in [0.25, 0.3) is 39.5 Å². The van der Waals surface area contributed by atoms with Crippen LogP contribution in [-0.2, 0) is 43.5 Å². The Morgan fingerprint density at radius 1 is 0.574 bits per heavy atom. The molecule has 7 aromatic carbocycles. The van der Waals surface area contributed by atoms with Crippen molar-refractivity contribution in [2.75, 3.05) is 0 Å². The van der Waals surface area contributed by atoms with E-state index >= 15 is 0 Å². The summed E-state index contributed by atoms with van der Waals surface area (Å²) in [7, 11) is 0.271. The van der Waals surface area contributed by atoms with Gasteiger partial charge in [-0.05, 0) is 73.7 Å². The predicted molar refractivity (Wildman–Crippen MR) is 252 cm³/mol. The van der Waals surface area contributed by atoms with Gasteiger partial charge in [0, 0.05) is 5.92 Å². The van der Waals surface area contributed by atoms with Crippen LogP contribution in [0.3, 0.4) is 0 Å². The Morgan fingerprint density at radius 3 is 1.72 bits per heavy atom. The van der Waals surface area contributed by atoms with Crippen LogP contribution >= 0.6 is 0 Å². The molecule has 0 fully saturated rings. The monoisotopic (exact) mass is 928 g/mol. The van der Waals surface area contributed by atoms with E-state index in [1.165, 1.54) is 88.3 Å². The maximum absolute atomic E-state index is 4.08. The molecule has 0 amide bonds. The van der Waals surface area contributed by atoms with Gasteiger partial charge in [0.15, 0.2) is 0 Å². The number of hydrogen-bond acceptors (Lipinski definition) is 0. The Bertz CT molecular complexity index is 2530. The Labute approximate surface area is 400 Å². The van der Waals surface area contributed by atoms with Crippen LogP contribution in [0.5, 0.6) is 0 Å². The summed E-state index contributed by atoms with van der Waals surface area (Å²) in [5.41, 5.74) is 19.4. The molecule has 0 aromatic heterocycles. The predicted octanol–water partition coefficient (Wildman–Crippen LogP) is 7.40. The average molecular weight is 931 g/mol. The third-order valence-corrected chi connectivity index (χ3v) is 13.3. The summed E-state index contributed by atoms with van der Waals surface area (Å²) in [5.74, 6) is 0.232. The Balaban J connectivity index is 0.000000377. The first-order chi connectivity index (χ1) is 28.0. The fourth-order valence-corrected chi connectivity index (χ4v) is 9.89. The summed E-state index contributed by atoms with van der Waals surface area (Å²) in [6, 6.07) is 61.8. The molecule has 2 aliphatic carbocycles. The van der Waals surface area contributed by atoms with E-state index in [2.05, 4.69) is 218 Å². The third kappa shape index (κ3) is 10.6. The molecular weight excluding hydrogens is 875 g/mol. The van der Waals surface area contributed by atoms with Crippen LogP contribution in [-0.4, -0.2) is 9.52 Å². The van der Waals surface area contributed by atoms with E-state index in [9.17, 15) is 0 Å². The smallest absolute Gasteiger partial charge is 1.00 e. The standard InChI is InChI=1S/C45H45.C12H11Si.2ClH.Zr/c1-8-13-33-25-39-36(31-20-18-30(19-21-31)29-14-10-9-11-15-29)16-12-17-37(39)43(33)42-28-35(45(5,6)7)27-41-38-26-34(44(2,3)4)23-22-32(38)24-40(41)42;1-3-7-11(8-4-1)13-12-9-5-2-6-10-12;;;/h9-12,14-23,25-27,43H,8,13,24H2,1-7H3;1-10,13H;2*1H;/q-1;;;;+3/p-2. The van der Waals surface area contributed by atoms with Gasteiger partial charge in [0.1, 0.15) is 9.52 Å². The van der Waals surface area contributed by atoms with E-state index in [-0.39, 0.29) is 77.3 Å². The third-order valence-electron chi connectivity index (χ3n) is 11.9. The zero-order valence-electron chi connectivity index (χ0n) is 36.6. The maximum atomic E-state index is 4.08. The molecule has 0 nitrogen and oxygen atoms in total. The number of fused-ring (bicyclic) bond motifs is 4. The van der Waals surface area contributed by atoms with Gasteiger partial charge in [0.25, 0.3) is 0 Å². The van der Waals surface area contributed by atoms with Crippen molar-refractivity contribution in [3.05, 3.63) is 208 Å². The second kappa shape index (κ2) is 20.4. The molecule has 1 atom stereocenters. The van der Waals surface area contributed by atoms with Gasteiger partial charge in [-0.3, -0.25) is 0 Å². The summed E-state index contributed by atoms with van der Waals surface area (Å²) in [6.07, 6.45) is 5.73. The summed E-state index contributed by atoms with van der Waals surface area (Å²) in [6.45, 7) is 16.3. The molecule has 306 valence electrons. The van der Waals surface area contributed by atoms with Crippen molar-refractivity contribution < 1.29 is 51.0 Å². The molecule has 0 saturated carbocycles. The van der Waals surface area contributed by atoms with Crippen molar-refractivity contribution in [1.29, 1.82) is 0 Å².